The van der Waals surface area contributed by atoms with Gasteiger partial charge in [0.2, 0.25) is 0 Å². The Morgan fingerprint density at radius 2 is 2.53 bits per heavy atom. The molecule has 0 aliphatic heterocycles. The van der Waals surface area contributed by atoms with E-state index in [0.29, 0.717) is 5.92 Å². The molecule has 0 aromatic carbocycles. The summed E-state index contributed by atoms with van der Waals surface area (Å²) in [4.78, 5) is 15.9. The van der Waals surface area contributed by atoms with Crippen molar-refractivity contribution in [3.05, 3.63) is 24.0 Å². The van der Waals surface area contributed by atoms with Gasteiger partial charge < -0.3 is 15.0 Å². The molecule has 2 atom stereocenters. The summed E-state index contributed by atoms with van der Waals surface area (Å²) in [6, 6.07) is 4.01. The molecule has 4 heteroatoms. The van der Waals surface area contributed by atoms with Crippen molar-refractivity contribution < 1.29 is 9.90 Å². The molecule has 2 rings (SSSR count). The van der Waals surface area contributed by atoms with Crippen molar-refractivity contribution in [1.29, 1.82) is 0 Å². The number of aliphatic carboxylic acids is 1. The van der Waals surface area contributed by atoms with E-state index in [1.165, 1.54) is 5.69 Å². The largest absolute Gasteiger partial charge is 0.481 e. The third kappa shape index (κ3) is 2.59. The highest BCUT2D eigenvalue weighted by atomic mass is 16.4. The number of nitrogens with one attached hydrogen (secondary N) is 1. The zero-order valence-corrected chi connectivity index (χ0v) is 8.81. The van der Waals surface area contributed by atoms with E-state index in [2.05, 4.69) is 9.88 Å². The molecule has 1 fully saturated rings. The number of H-pyrrole nitrogens is 1. The lowest BCUT2D eigenvalue weighted by Crippen LogP contribution is -2.22. The van der Waals surface area contributed by atoms with Crippen LogP contribution in [0.4, 0.5) is 0 Å². The van der Waals surface area contributed by atoms with Gasteiger partial charge >= 0.3 is 5.97 Å². The van der Waals surface area contributed by atoms with Crippen LogP contribution in [0.15, 0.2) is 18.3 Å². The van der Waals surface area contributed by atoms with E-state index in [9.17, 15) is 4.79 Å². The highest BCUT2D eigenvalue weighted by molar-refractivity contribution is 5.73. The Morgan fingerprint density at radius 3 is 3.07 bits per heavy atom. The maximum absolute atomic E-state index is 10.6. The van der Waals surface area contributed by atoms with E-state index in [-0.39, 0.29) is 5.92 Å². The van der Waals surface area contributed by atoms with Crippen molar-refractivity contribution in [2.45, 2.75) is 13.0 Å². The van der Waals surface area contributed by atoms with Crippen molar-refractivity contribution in [3.8, 4) is 0 Å². The zero-order valence-electron chi connectivity index (χ0n) is 8.81. The lowest BCUT2D eigenvalue weighted by atomic mass is 10.3. The quantitative estimate of drug-likeness (QED) is 0.763. The molecule has 1 aromatic rings. The van der Waals surface area contributed by atoms with Crippen molar-refractivity contribution in [2.24, 2.45) is 11.8 Å². The number of aromatic nitrogens is 1. The molecular formula is C11H16N2O2. The lowest BCUT2D eigenvalue weighted by molar-refractivity contribution is -0.138. The van der Waals surface area contributed by atoms with E-state index in [1.807, 2.05) is 25.4 Å². The first-order valence-corrected chi connectivity index (χ1v) is 5.20. The Morgan fingerprint density at radius 1 is 1.73 bits per heavy atom. The summed E-state index contributed by atoms with van der Waals surface area (Å²) in [6.45, 7) is 1.73. The van der Waals surface area contributed by atoms with Gasteiger partial charge in [0.15, 0.2) is 0 Å². The van der Waals surface area contributed by atoms with Gasteiger partial charge in [-0.15, -0.1) is 0 Å². The van der Waals surface area contributed by atoms with Crippen molar-refractivity contribution in [1.82, 2.24) is 9.88 Å². The minimum Gasteiger partial charge on any atom is -0.481 e. The van der Waals surface area contributed by atoms with Crippen LogP contribution in [0.5, 0.6) is 0 Å². The minimum absolute atomic E-state index is 0.101. The summed E-state index contributed by atoms with van der Waals surface area (Å²) in [5.74, 6) is -0.396. The molecule has 2 unspecified atom stereocenters. The van der Waals surface area contributed by atoms with Crippen molar-refractivity contribution in [3.63, 3.8) is 0 Å². The molecule has 1 heterocycles. The number of aromatic amines is 1. The van der Waals surface area contributed by atoms with E-state index in [0.717, 1.165) is 19.5 Å². The van der Waals surface area contributed by atoms with Gasteiger partial charge in [0.1, 0.15) is 0 Å². The molecule has 4 nitrogen and oxygen atoms in total. The Labute approximate surface area is 88.9 Å². The third-order valence-corrected chi connectivity index (χ3v) is 2.89. The number of carboxylic acid groups (broad SMARTS) is 1. The van der Waals surface area contributed by atoms with Crippen LogP contribution in [0.2, 0.25) is 0 Å². The Balaban J connectivity index is 1.75. The summed E-state index contributed by atoms with van der Waals surface area (Å²) >= 11 is 0. The molecule has 0 spiro atoms. The fraction of sp³-hybridized carbons (Fsp3) is 0.545. The summed E-state index contributed by atoms with van der Waals surface area (Å²) in [5.41, 5.74) is 1.17. The van der Waals surface area contributed by atoms with Gasteiger partial charge in [-0.2, -0.15) is 0 Å². The Hall–Kier alpha value is -1.29. The van der Waals surface area contributed by atoms with Crippen LogP contribution in [0, 0.1) is 11.8 Å². The monoisotopic (exact) mass is 208 g/mol. The third-order valence-electron chi connectivity index (χ3n) is 2.89. The first-order chi connectivity index (χ1) is 7.16. The first-order valence-electron chi connectivity index (χ1n) is 5.20. The van der Waals surface area contributed by atoms with Crippen LogP contribution in [0.3, 0.4) is 0 Å². The number of rotatable bonds is 5. The normalized spacial score (nSPS) is 24.4. The van der Waals surface area contributed by atoms with Gasteiger partial charge in [0.05, 0.1) is 5.92 Å². The van der Waals surface area contributed by atoms with Gasteiger partial charge in [0.25, 0.3) is 0 Å². The number of nitrogens with zero attached hydrogens (tertiary/aromatic N) is 1. The predicted molar refractivity (Wildman–Crippen MR) is 56.4 cm³/mol. The van der Waals surface area contributed by atoms with Crippen LogP contribution in [0.25, 0.3) is 0 Å². The highest BCUT2D eigenvalue weighted by Crippen LogP contribution is 2.39. The van der Waals surface area contributed by atoms with Crippen LogP contribution in [-0.2, 0) is 11.3 Å². The number of carboxylic acids is 1. The molecular weight excluding hydrogens is 192 g/mol. The van der Waals surface area contributed by atoms with Crippen LogP contribution >= 0.6 is 0 Å². The maximum Gasteiger partial charge on any atom is 0.306 e. The predicted octanol–water partition coefficient (Wildman–Crippen LogP) is 1.17. The first kappa shape index (κ1) is 10.2. The molecule has 15 heavy (non-hydrogen) atoms. The fourth-order valence-corrected chi connectivity index (χ4v) is 1.97. The minimum atomic E-state index is -0.645. The van der Waals surface area contributed by atoms with Crippen LogP contribution in [0.1, 0.15) is 12.1 Å². The molecule has 1 aliphatic carbocycles. The molecule has 0 saturated heterocycles. The number of hydrogen-bond acceptors (Lipinski definition) is 2. The lowest BCUT2D eigenvalue weighted by Gasteiger charge is -2.15. The van der Waals surface area contributed by atoms with Crippen molar-refractivity contribution in [2.75, 3.05) is 13.6 Å². The van der Waals surface area contributed by atoms with Gasteiger partial charge in [-0.05, 0) is 31.5 Å². The van der Waals surface area contributed by atoms with Crippen LogP contribution in [-0.4, -0.2) is 34.6 Å². The topological polar surface area (TPSA) is 56.3 Å². The average Bonchev–Trinajstić information content (AvgIpc) is 2.73. The standard InChI is InChI=1S/C11H16N2O2/c1-13(7-9-3-2-4-12-9)6-8-5-10(8)11(14)15/h2-4,8,10,12H,5-7H2,1H3,(H,14,15). The van der Waals surface area contributed by atoms with Gasteiger partial charge in [0, 0.05) is 25.0 Å². The fourth-order valence-electron chi connectivity index (χ4n) is 1.97. The second-order valence-electron chi connectivity index (χ2n) is 4.33. The Kier molecular flexibility index (Phi) is 2.77. The van der Waals surface area contributed by atoms with E-state index < -0.39 is 5.97 Å². The molecule has 2 N–H and O–H groups in total. The SMILES string of the molecule is CN(Cc1ccc[nH]1)CC1CC1C(=O)O. The number of hydrogen-bond donors (Lipinski definition) is 2. The molecule has 1 aliphatic rings. The summed E-state index contributed by atoms with van der Waals surface area (Å²) in [5, 5.41) is 8.77. The molecule has 0 radical (unpaired) electrons. The Bertz CT molecular complexity index is 334. The van der Waals surface area contributed by atoms with Gasteiger partial charge in [-0.1, -0.05) is 0 Å². The summed E-state index contributed by atoms with van der Waals surface area (Å²) < 4.78 is 0. The second kappa shape index (κ2) is 4.06. The molecule has 0 amide bonds. The van der Waals surface area contributed by atoms with Gasteiger partial charge in [-0.25, -0.2) is 0 Å². The number of carbonyl (C=O) groups is 1. The zero-order chi connectivity index (χ0) is 10.8. The molecule has 82 valence electrons. The second-order valence-corrected chi connectivity index (χ2v) is 4.33. The van der Waals surface area contributed by atoms with E-state index in [1.54, 1.807) is 0 Å². The van der Waals surface area contributed by atoms with Gasteiger partial charge in [-0.3, -0.25) is 4.79 Å². The highest BCUT2D eigenvalue weighted by Gasteiger charge is 2.43. The molecule has 1 aromatic heterocycles. The molecule has 0 bridgehead atoms. The van der Waals surface area contributed by atoms with E-state index >= 15 is 0 Å². The van der Waals surface area contributed by atoms with Crippen LogP contribution < -0.4 is 0 Å². The summed E-state index contributed by atoms with van der Waals surface area (Å²) in [7, 11) is 2.03. The van der Waals surface area contributed by atoms with Crippen molar-refractivity contribution >= 4 is 5.97 Å². The smallest absolute Gasteiger partial charge is 0.306 e. The average molecular weight is 208 g/mol. The molecule has 1 saturated carbocycles. The van der Waals surface area contributed by atoms with E-state index in [4.69, 9.17) is 5.11 Å². The maximum atomic E-state index is 10.6. The summed E-state index contributed by atoms with van der Waals surface area (Å²) in [6.07, 6.45) is 2.74.